The number of hydrogen-bond acceptors (Lipinski definition) is 3. The van der Waals surface area contributed by atoms with Gasteiger partial charge in [0.2, 0.25) is 0 Å². The Hall–Kier alpha value is -1.35. The first-order valence-electron chi connectivity index (χ1n) is 2.56. The van der Waals surface area contributed by atoms with Crippen molar-refractivity contribution in [2.75, 3.05) is 0 Å². The van der Waals surface area contributed by atoms with Crippen molar-refractivity contribution in [3.05, 3.63) is 0 Å². The third kappa shape index (κ3) is 0.587. The highest BCUT2D eigenvalue weighted by Gasteiger charge is 2.56. The summed E-state index contributed by atoms with van der Waals surface area (Å²) in [6.45, 7) is 0. The van der Waals surface area contributed by atoms with Gasteiger partial charge in [-0.05, 0) is 6.42 Å². The highest BCUT2D eigenvalue weighted by molar-refractivity contribution is 5.70. The summed E-state index contributed by atoms with van der Waals surface area (Å²) in [7, 11) is 0. The smallest absolute Gasteiger partial charge is 0.141 e. The molecule has 2 atom stereocenters. The van der Waals surface area contributed by atoms with E-state index in [1.165, 1.54) is 0 Å². The maximum atomic E-state index is 10.1. The summed E-state index contributed by atoms with van der Waals surface area (Å²) >= 11 is 0. The van der Waals surface area contributed by atoms with Crippen LogP contribution in [0.25, 0.3) is 0 Å². The van der Waals surface area contributed by atoms with Gasteiger partial charge in [0.1, 0.15) is 11.7 Å². The standard InChI is InChI=1S/C6H4N2O/c7-2-5-1-6(5,3-8)4-9/h4-5H,1H2. The predicted octanol–water partition coefficient (Wildman–Crippen LogP) is 0.239. The van der Waals surface area contributed by atoms with E-state index in [0.717, 1.165) is 0 Å². The summed E-state index contributed by atoms with van der Waals surface area (Å²) in [5, 5.41) is 16.6. The zero-order valence-electron chi connectivity index (χ0n) is 4.66. The average Bonchev–Trinajstić information content (AvgIpc) is 2.63. The fourth-order valence-corrected chi connectivity index (χ4v) is 0.720. The molecular formula is C6H4N2O. The van der Waals surface area contributed by atoms with Gasteiger partial charge >= 0.3 is 0 Å². The van der Waals surface area contributed by atoms with Crippen molar-refractivity contribution in [3.8, 4) is 12.1 Å². The molecule has 0 radical (unpaired) electrons. The molecule has 0 aromatic rings. The van der Waals surface area contributed by atoms with Crippen LogP contribution in [-0.2, 0) is 4.79 Å². The number of rotatable bonds is 1. The first-order valence-corrected chi connectivity index (χ1v) is 2.56. The first-order chi connectivity index (χ1) is 4.29. The van der Waals surface area contributed by atoms with E-state index in [1.54, 1.807) is 0 Å². The minimum absolute atomic E-state index is 0.347. The van der Waals surface area contributed by atoms with Crippen molar-refractivity contribution in [2.45, 2.75) is 6.42 Å². The number of nitriles is 2. The minimum Gasteiger partial charge on any atom is -0.302 e. The summed E-state index contributed by atoms with van der Waals surface area (Å²) in [5.41, 5.74) is -0.936. The van der Waals surface area contributed by atoms with E-state index < -0.39 is 5.41 Å². The van der Waals surface area contributed by atoms with Crippen LogP contribution in [0.4, 0.5) is 0 Å². The number of carbonyl (C=O) groups is 1. The van der Waals surface area contributed by atoms with Gasteiger partial charge in [-0.2, -0.15) is 10.5 Å². The topological polar surface area (TPSA) is 64.7 Å². The third-order valence-electron chi connectivity index (χ3n) is 1.58. The molecule has 2 unspecified atom stereocenters. The van der Waals surface area contributed by atoms with Crippen molar-refractivity contribution < 1.29 is 4.79 Å². The number of hydrogen-bond donors (Lipinski definition) is 0. The quantitative estimate of drug-likeness (QED) is 0.465. The molecule has 1 rings (SSSR count). The second-order valence-corrected chi connectivity index (χ2v) is 2.16. The van der Waals surface area contributed by atoms with Crippen molar-refractivity contribution in [3.63, 3.8) is 0 Å². The monoisotopic (exact) mass is 120 g/mol. The molecule has 9 heavy (non-hydrogen) atoms. The Bertz CT molecular complexity index is 222. The fourth-order valence-electron chi connectivity index (χ4n) is 0.720. The second-order valence-electron chi connectivity index (χ2n) is 2.16. The van der Waals surface area contributed by atoms with Crippen molar-refractivity contribution in [1.29, 1.82) is 10.5 Å². The Morgan fingerprint density at radius 3 is 2.44 bits per heavy atom. The molecule has 0 spiro atoms. The van der Waals surface area contributed by atoms with E-state index in [9.17, 15) is 4.79 Å². The Morgan fingerprint density at radius 2 is 2.33 bits per heavy atom. The van der Waals surface area contributed by atoms with Crippen molar-refractivity contribution in [2.24, 2.45) is 11.3 Å². The van der Waals surface area contributed by atoms with E-state index in [4.69, 9.17) is 10.5 Å². The second kappa shape index (κ2) is 1.56. The van der Waals surface area contributed by atoms with E-state index in [2.05, 4.69) is 0 Å². The van der Waals surface area contributed by atoms with Crippen LogP contribution in [0.15, 0.2) is 0 Å². The largest absolute Gasteiger partial charge is 0.302 e. The lowest BCUT2D eigenvalue weighted by Gasteiger charge is -1.85. The molecule has 1 aliphatic rings. The molecule has 1 fully saturated rings. The van der Waals surface area contributed by atoms with Crippen LogP contribution >= 0.6 is 0 Å². The summed E-state index contributed by atoms with van der Waals surface area (Å²) in [5.74, 6) is -0.347. The lowest BCUT2D eigenvalue weighted by Crippen LogP contribution is -1.99. The lowest BCUT2D eigenvalue weighted by atomic mass is 10.1. The SMILES string of the molecule is N#CC1CC1(C#N)C=O. The van der Waals surface area contributed by atoms with Gasteiger partial charge in [0.25, 0.3) is 0 Å². The van der Waals surface area contributed by atoms with Crippen molar-refractivity contribution in [1.82, 2.24) is 0 Å². The van der Waals surface area contributed by atoms with Crippen LogP contribution in [-0.4, -0.2) is 6.29 Å². The van der Waals surface area contributed by atoms with Gasteiger partial charge < -0.3 is 4.79 Å². The van der Waals surface area contributed by atoms with Crippen LogP contribution in [0, 0.1) is 34.0 Å². The normalized spacial score (nSPS) is 38.2. The highest BCUT2D eigenvalue weighted by atomic mass is 16.1. The number of carbonyl (C=O) groups excluding carboxylic acids is 1. The van der Waals surface area contributed by atoms with Gasteiger partial charge in [0, 0.05) is 0 Å². The Labute approximate surface area is 52.5 Å². The molecule has 0 aromatic heterocycles. The zero-order valence-corrected chi connectivity index (χ0v) is 4.66. The molecule has 0 saturated heterocycles. The summed E-state index contributed by atoms with van der Waals surface area (Å²) in [6, 6.07) is 3.69. The maximum Gasteiger partial charge on any atom is 0.141 e. The van der Waals surface area contributed by atoms with Gasteiger partial charge in [0.05, 0.1) is 18.1 Å². The maximum absolute atomic E-state index is 10.1. The molecule has 44 valence electrons. The first kappa shape index (κ1) is 5.78. The van der Waals surface area contributed by atoms with E-state index >= 15 is 0 Å². The van der Waals surface area contributed by atoms with Gasteiger partial charge in [-0.15, -0.1) is 0 Å². The minimum atomic E-state index is -0.936. The van der Waals surface area contributed by atoms with Crippen LogP contribution in [0.3, 0.4) is 0 Å². The van der Waals surface area contributed by atoms with E-state index in [-0.39, 0.29) is 5.92 Å². The van der Waals surface area contributed by atoms with Crippen LogP contribution < -0.4 is 0 Å². The van der Waals surface area contributed by atoms with Gasteiger partial charge in [-0.1, -0.05) is 0 Å². The molecular weight excluding hydrogens is 116 g/mol. The number of nitrogens with zero attached hydrogens (tertiary/aromatic N) is 2. The van der Waals surface area contributed by atoms with Crippen LogP contribution in [0.5, 0.6) is 0 Å². The summed E-state index contributed by atoms with van der Waals surface area (Å²) < 4.78 is 0. The summed E-state index contributed by atoms with van der Waals surface area (Å²) in [4.78, 5) is 10.1. The lowest BCUT2D eigenvalue weighted by molar-refractivity contribution is -0.110. The molecule has 0 amide bonds. The molecule has 0 aliphatic heterocycles. The van der Waals surface area contributed by atoms with E-state index in [1.807, 2.05) is 12.1 Å². The molecule has 1 saturated carbocycles. The highest BCUT2D eigenvalue weighted by Crippen LogP contribution is 2.49. The molecule has 0 bridgehead atoms. The zero-order chi connectivity index (χ0) is 6.91. The Balaban J connectivity index is 2.74. The molecule has 0 aromatic carbocycles. The molecule has 1 aliphatic carbocycles. The Kier molecular flexibility index (Phi) is 1.00. The molecule has 3 heteroatoms. The van der Waals surface area contributed by atoms with Crippen LogP contribution in [0.2, 0.25) is 0 Å². The molecule has 3 nitrogen and oxygen atoms in total. The fraction of sp³-hybridized carbons (Fsp3) is 0.500. The van der Waals surface area contributed by atoms with Gasteiger partial charge in [0.15, 0.2) is 0 Å². The molecule has 0 heterocycles. The van der Waals surface area contributed by atoms with Gasteiger partial charge in [-0.25, -0.2) is 0 Å². The van der Waals surface area contributed by atoms with Gasteiger partial charge in [-0.3, -0.25) is 0 Å². The predicted molar refractivity (Wildman–Crippen MR) is 27.8 cm³/mol. The summed E-state index contributed by atoms with van der Waals surface area (Å²) in [6.07, 6.45) is 0.990. The van der Waals surface area contributed by atoms with Crippen LogP contribution in [0.1, 0.15) is 6.42 Å². The number of aldehydes is 1. The third-order valence-corrected chi connectivity index (χ3v) is 1.58. The Morgan fingerprint density at radius 1 is 1.67 bits per heavy atom. The van der Waals surface area contributed by atoms with Crippen molar-refractivity contribution >= 4 is 6.29 Å². The average molecular weight is 120 g/mol. The molecule has 0 N–H and O–H groups in total. The van der Waals surface area contributed by atoms with E-state index in [0.29, 0.717) is 12.7 Å².